The van der Waals surface area contributed by atoms with Gasteiger partial charge in [0.05, 0.1) is 19.7 Å². The number of benzene rings is 1. The fourth-order valence-corrected chi connectivity index (χ4v) is 1.78. The van der Waals surface area contributed by atoms with E-state index >= 15 is 0 Å². The second-order valence-corrected chi connectivity index (χ2v) is 4.35. The summed E-state index contributed by atoms with van der Waals surface area (Å²) in [7, 11) is 0. The first-order valence-electron chi connectivity index (χ1n) is 6.52. The number of primary amides is 1. The SMILES string of the molecule is CCOC(=O)CN(CC(=O)NC(N)=O)Cc1ccccc1. The van der Waals surface area contributed by atoms with Crippen molar-refractivity contribution in [3.8, 4) is 0 Å². The lowest BCUT2D eigenvalue weighted by molar-refractivity contribution is -0.144. The van der Waals surface area contributed by atoms with Crippen LogP contribution in [-0.2, 0) is 20.9 Å². The van der Waals surface area contributed by atoms with E-state index in [0.717, 1.165) is 5.56 Å². The Morgan fingerprint density at radius 3 is 2.43 bits per heavy atom. The summed E-state index contributed by atoms with van der Waals surface area (Å²) < 4.78 is 4.87. The van der Waals surface area contributed by atoms with Crippen molar-refractivity contribution in [3.63, 3.8) is 0 Å². The normalized spacial score (nSPS) is 10.2. The molecule has 0 aliphatic heterocycles. The Balaban J connectivity index is 2.67. The average Bonchev–Trinajstić information content (AvgIpc) is 2.38. The first kappa shape index (κ1) is 16.6. The van der Waals surface area contributed by atoms with Crippen molar-refractivity contribution < 1.29 is 19.1 Å². The first-order valence-corrected chi connectivity index (χ1v) is 6.52. The summed E-state index contributed by atoms with van der Waals surface area (Å²) in [4.78, 5) is 35.4. The quantitative estimate of drug-likeness (QED) is 0.701. The van der Waals surface area contributed by atoms with E-state index in [9.17, 15) is 14.4 Å². The van der Waals surface area contributed by atoms with Crippen LogP contribution < -0.4 is 11.1 Å². The van der Waals surface area contributed by atoms with Crippen LogP contribution in [0.15, 0.2) is 30.3 Å². The lowest BCUT2D eigenvalue weighted by Crippen LogP contribution is -2.43. The van der Waals surface area contributed by atoms with Crippen LogP contribution in [0.25, 0.3) is 0 Å². The van der Waals surface area contributed by atoms with E-state index in [1.54, 1.807) is 11.8 Å². The molecular weight excluding hydrogens is 274 g/mol. The van der Waals surface area contributed by atoms with Crippen LogP contribution in [0.3, 0.4) is 0 Å². The molecule has 0 fully saturated rings. The van der Waals surface area contributed by atoms with Crippen LogP contribution in [0.1, 0.15) is 12.5 Å². The number of hydrogen-bond donors (Lipinski definition) is 2. The Labute approximate surface area is 123 Å². The van der Waals surface area contributed by atoms with E-state index in [1.165, 1.54) is 0 Å². The molecule has 0 bridgehead atoms. The zero-order valence-corrected chi connectivity index (χ0v) is 11.9. The third kappa shape index (κ3) is 7.07. The number of carbonyl (C=O) groups is 3. The molecule has 0 aliphatic carbocycles. The van der Waals surface area contributed by atoms with E-state index < -0.39 is 17.9 Å². The minimum absolute atomic E-state index is 0.0467. The monoisotopic (exact) mass is 293 g/mol. The van der Waals surface area contributed by atoms with Crippen LogP contribution in [0, 0.1) is 0 Å². The number of esters is 1. The summed E-state index contributed by atoms with van der Waals surface area (Å²) in [6.45, 7) is 2.18. The van der Waals surface area contributed by atoms with E-state index in [0.29, 0.717) is 6.54 Å². The zero-order chi connectivity index (χ0) is 15.7. The number of nitrogens with zero attached hydrogens (tertiary/aromatic N) is 1. The van der Waals surface area contributed by atoms with Gasteiger partial charge < -0.3 is 10.5 Å². The molecule has 114 valence electrons. The molecule has 7 heteroatoms. The largest absolute Gasteiger partial charge is 0.465 e. The van der Waals surface area contributed by atoms with Gasteiger partial charge in [0, 0.05) is 6.54 Å². The average molecular weight is 293 g/mol. The fraction of sp³-hybridized carbons (Fsp3) is 0.357. The molecule has 21 heavy (non-hydrogen) atoms. The van der Waals surface area contributed by atoms with Crippen molar-refractivity contribution >= 4 is 17.9 Å². The number of carbonyl (C=O) groups excluding carboxylic acids is 3. The Hall–Kier alpha value is -2.41. The molecule has 0 radical (unpaired) electrons. The number of rotatable bonds is 7. The maximum Gasteiger partial charge on any atom is 0.320 e. The molecule has 0 saturated heterocycles. The van der Waals surface area contributed by atoms with Crippen LogP contribution in [0.4, 0.5) is 4.79 Å². The highest BCUT2D eigenvalue weighted by Gasteiger charge is 2.16. The van der Waals surface area contributed by atoms with E-state index in [-0.39, 0.29) is 19.7 Å². The summed E-state index contributed by atoms with van der Waals surface area (Å²) in [5.74, 6) is -0.997. The maximum atomic E-state index is 11.6. The van der Waals surface area contributed by atoms with Crippen molar-refractivity contribution in [2.75, 3.05) is 19.7 Å². The third-order valence-electron chi connectivity index (χ3n) is 2.54. The minimum atomic E-state index is -0.921. The molecule has 1 aromatic rings. The second kappa shape index (κ2) is 8.70. The standard InChI is InChI=1S/C14H19N3O4/c1-2-21-13(19)10-17(9-12(18)16-14(15)20)8-11-6-4-3-5-7-11/h3-7H,2,8-10H2,1H3,(H3,15,16,18,20). The van der Waals surface area contributed by atoms with Crippen LogP contribution in [0.2, 0.25) is 0 Å². The van der Waals surface area contributed by atoms with Gasteiger partial charge >= 0.3 is 12.0 Å². The maximum absolute atomic E-state index is 11.6. The van der Waals surface area contributed by atoms with Gasteiger partial charge in [-0.1, -0.05) is 30.3 Å². The second-order valence-electron chi connectivity index (χ2n) is 4.35. The van der Waals surface area contributed by atoms with Gasteiger partial charge in [0.2, 0.25) is 5.91 Å². The highest BCUT2D eigenvalue weighted by Crippen LogP contribution is 2.04. The molecule has 3 N–H and O–H groups in total. The summed E-state index contributed by atoms with van der Waals surface area (Å²) in [5.41, 5.74) is 5.83. The Bertz CT molecular complexity index is 490. The van der Waals surface area contributed by atoms with Gasteiger partial charge in [0.15, 0.2) is 0 Å². The molecule has 0 heterocycles. The van der Waals surface area contributed by atoms with Gasteiger partial charge in [-0.3, -0.25) is 19.8 Å². The highest BCUT2D eigenvalue weighted by molar-refractivity contribution is 5.94. The number of hydrogen-bond acceptors (Lipinski definition) is 5. The highest BCUT2D eigenvalue weighted by atomic mass is 16.5. The van der Waals surface area contributed by atoms with Gasteiger partial charge in [0.1, 0.15) is 0 Å². The molecule has 1 rings (SSSR count). The van der Waals surface area contributed by atoms with Crippen LogP contribution in [0.5, 0.6) is 0 Å². The number of ether oxygens (including phenoxy) is 1. The number of amides is 3. The fourth-order valence-electron chi connectivity index (χ4n) is 1.78. The first-order chi connectivity index (χ1) is 10.0. The minimum Gasteiger partial charge on any atom is -0.465 e. The predicted molar refractivity (Wildman–Crippen MR) is 76.1 cm³/mol. The summed E-state index contributed by atoms with van der Waals surface area (Å²) in [5, 5.41) is 1.97. The zero-order valence-electron chi connectivity index (χ0n) is 11.9. The molecular formula is C14H19N3O4. The molecule has 3 amide bonds. The lowest BCUT2D eigenvalue weighted by Gasteiger charge is -2.20. The third-order valence-corrected chi connectivity index (χ3v) is 2.54. The van der Waals surface area contributed by atoms with Crippen molar-refractivity contribution in [2.45, 2.75) is 13.5 Å². The van der Waals surface area contributed by atoms with Gasteiger partial charge in [-0.05, 0) is 12.5 Å². The van der Waals surface area contributed by atoms with Crippen molar-refractivity contribution in [3.05, 3.63) is 35.9 Å². The van der Waals surface area contributed by atoms with Gasteiger partial charge in [-0.25, -0.2) is 4.79 Å². The number of nitrogens with two attached hydrogens (primary N) is 1. The summed E-state index contributed by atoms with van der Waals surface area (Å²) in [6.07, 6.45) is 0. The number of imide groups is 1. The predicted octanol–water partition coefficient (Wildman–Crippen LogP) is 0.247. The van der Waals surface area contributed by atoms with Gasteiger partial charge in [-0.15, -0.1) is 0 Å². The van der Waals surface area contributed by atoms with E-state index in [4.69, 9.17) is 10.5 Å². The van der Waals surface area contributed by atoms with Crippen LogP contribution >= 0.6 is 0 Å². The Kier molecular flexibility index (Phi) is 6.90. The van der Waals surface area contributed by atoms with Gasteiger partial charge in [-0.2, -0.15) is 0 Å². The molecule has 7 nitrogen and oxygen atoms in total. The molecule has 0 aliphatic rings. The molecule has 0 saturated carbocycles. The summed E-state index contributed by atoms with van der Waals surface area (Å²) >= 11 is 0. The lowest BCUT2D eigenvalue weighted by atomic mass is 10.2. The van der Waals surface area contributed by atoms with E-state index in [1.807, 2.05) is 35.6 Å². The van der Waals surface area contributed by atoms with Crippen molar-refractivity contribution in [1.82, 2.24) is 10.2 Å². The number of urea groups is 1. The summed E-state index contributed by atoms with van der Waals surface area (Å²) in [6, 6.07) is 8.44. The number of nitrogens with one attached hydrogen (secondary N) is 1. The molecule has 0 aromatic heterocycles. The molecule has 0 spiro atoms. The van der Waals surface area contributed by atoms with Crippen LogP contribution in [-0.4, -0.2) is 42.5 Å². The smallest absolute Gasteiger partial charge is 0.320 e. The molecule has 1 aromatic carbocycles. The topological polar surface area (TPSA) is 102 Å². The van der Waals surface area contributed by atoms with E-state index in [2.05, 4.69) is 0 Å². The molecule has 0 unspecified atom stereocenters. The molecule has 0 atom stereocenters. The van der Waals surface area contributed by atoms with Crippen molar-refractivity contribution in [1.29, 1.82) is 0 Å². The Morgan fingerprint density at radius 2 is 1.86 bits per heavy atom. The Morgan fingerprint density at radius 1 is 1.19 bits per heavy atom. The van der Waals surface area contributed by atoms with Crippen molar-refractivity contribution in [2.24, 2.45) is 5.73 Å². The van der Waals surface area contributed by atoms with Gasteiger partial charge in [0.25, 0.3) is 0 Å².